The molecule has 0 aliphatic carbocycles. The van der Waals surface area contributed by atoms with Gasteiger partial charge in [-0.2, -0.15) is 0 Å². The summed E-state index contributed by atoms with van der Waals surface area (Å²) in [5, 5.41) is 5.46. The Morgan fingerprint density at radius 2 is 2.09 bits per heavy atom. The highest BCUT2D eigenvalue weighted by molar-refractivity contribution is 5.97. The maximum atomic E-state index is 12.1. The highest BCUT2D eigenvalue weighted by Crippen LogP contribution is 2.32. The predicted octanol–water partition coefficient (Wildman–Crippen LogP) is 2.86. The number of nitrogens with zero attached hydrogens (tertiary/aromatic N) is 5. The van der Waals surface area contributed by atoms with Crippen LogP contribution in [0.5, 0.6) is 0 Å². The van der Waals surface area contributed by atoms with Gasteiger partial charge in [-0.05, 0) is 49.4 Å². The molecule has 1 fully saturated rings. The summed E-state index contributed by atoms with van der Waals surface area (Å²) in [4.78, 5) is 33.1. The number of urea groups is 1. The molecular formula is C25H31N9O. The molecule has 3 heterocycles. The van der Waals surface area contributed by atoms with Crippen LogP contribution in [0, 0.1) is 0 Å². The number of carbonyl (C=O) groups excluding carboxylic acids is 1. The number of likely N-dealkylation sites (N-methyl/N-ethyl adjacent to an activating group) is 1. The fourth-order valence-corrected chi connectivity index (χ4v) is 3.99. The molecule has 0 radical (unpaired) electrons. The molecule has 0 atom stereocenters. The molecule has 4 rings (SSSR count). The molecule has 0 unspecified atom stereocenters. The van der Waals surface area contributed by atoms with E-state index in [9.17, 15) is 4.79 Å². The van der Waals surface area contributed by atoms with Crippen LogP contribution in [0.1, 0.15) is 12.5 Å². The number of carbonyl (C=O) groups is 1. The van der Waals surface area contributed by atoms with Crippen LogP contribution in [-0.4, -0.2) is 76.9 Å². The van der Waals surface area contributed by atoms with Crippen molar-refractivity contribution in [3.63, 3.8) is 0 Å². The van der Waals surface area contributed by atoms with E-state index < -0.39 is 0 Å². The third kappa shape index (κ3) is 5.67. The maximum absolute atomic E-state index is 12.1. The number of pyridine rings is 1. The van der Waals surface area contributed by atoms with Crippen molar-refractivity contribution in [1.82, 2.24) is 30.1 Å². The van der Waals surface area contributed by atoms with Gasteiger partial charge in [-0.3, -0.25) is 10.3 Å². The second-order valence-electron chi connectivity index (χ2n) is 8.33. The Kier molecular flexibility index (Phi) is 7.41. The van der Waals surface area contributed by atoms with E-state index in [1.165, 1.54) is 6.34 Å². The number of piperazine rings is 1. The van der Waals surface area contributed by atoms with Gasteiger partial charge in [0, 0.05) is 56.2 Å². The number of hydrogen-bond donors (Lipinski definition) is 4. The summed E-state index contributed by atoms with van der Waals surface area (Å²) >= 11 is 0. The number of amides is 2. The molecule has 1 aliphatic heterocycles. The summed E-state index contributed by atoms with van der Waals surface area (Å²) in [5.41, 5.74) is 10.6. The van der Waals surface area contributed by atoms with E-state index in [1.807, 2.05) is 43.5 Å². The zero-order valence-corrected chi connectivity index (χ0v) is 20.1. The van der Waals surface area contributed by atoms with E-state index in [1.54, 1.807) is 6.20 Å². The minimum Gasteiger partial charge on any atom is -0.390 e. The van der Waals surface area contributed by atoms with E-state index >= 15 is 0 Å². The van der Waals surface area contributed by atoms with Crippen molar-refractivity contribution in [3.8, 4) is 11.1 Å². The first-order valence-corrected chi connectivity index (χ1v) is 11.6. The third-order valence-electron chi connectivity index (χ3n) is 5.83. The van der Waals surface area contributed by atoms with Gasteiger partial charge in [-0.25, -0.2) is 14.8 Å². The second kappa shape index (κ2) is 10.8. The molecule has 182 valence electrons. The van der Waals surface area contributed by atoms with Gasteiger partial charge < -0.3 is 25.8 Å². The molecule has 1 aliphatic rings. The van der Waals surface area contributed by atoms with Crippen LogP contribution in [0.2, 0.25) is 0 Å². The van der Waals surface area contributed by atoms with Crippen molar-refractivity contribution in [2.45, 2.75) is 6.92 Å². The number of aromatic amines is 1. The van der Waals surface area contributed by atoms with Gasteiger partial charge in [0.2, 0.25) is 5.95 Å². The summed E-state index contributed by atoms with van der Waals surface area (Å²) in [7, 11) is 2.11. The van der Waals surface area contributed by atoms with E-state index in [0.29, 0.717) is 18.0 Å². The average Bonchev–Trinajstić information content (AvgIpc) is 3.26. The zero-order valence-electron chi connectivity index (χ0n) is 20.1. The van der Waals surface area contributed by atoms with Crippen molar-refractivity contribution >= 4 is 34.9 Å². The molecule has 3 aromatic rings. The highest BCUT2D eigenvalue weighted by Gasteiger charge is 2.18. The number of H-pyrrole nitrogens is 1. The summed E-state index contributed by atoms with van der Waals surface area (Å²) < 4.78 is 0. The molecule has 10 nitrogen and oxygen atoms in total. The number of anilines is 1. The van der Waals surface area contributed by atoms with Gasteiger partial charge in [0.25, 0.3) is 0 Å². The maximum Gasteiger partial charge on any atom is 0.321 e. The van der Waals surface area contributed by atoms with Crippen LogP contribution in [0.4, 0.5) is 10.7 Å². The van der Waals surface area contributed by atoms with Crippen LogP contribution in [-0.2, 0) is 0 Å². The molecule has 35 heavy (non-hydrogen) atoms. The number of aromatic nitrogens is 3. The number of imidazole rings is 1. The molecule has 2 aromatic heterocycles. The van der Waals surface area contributed by atoms with Crippen LogP contribution in [0.15, 0.2) is 60.1 Å². The number of nitrogens with one attached hydrogen (secondary N) is 3. The molecular weight excluding hydrogens is 442 g/mol. The Labute approximate surface area is 204 Å². The smallest absolute Gasteiger partial charge is 0.321 e. The molecule has 0 spiro atoms. The van der Waals surface area contributed by atoms with Crippen molar-refractivity contribution in [1.29, 1.82) is 0 Å². The Balaban J connectivity index is 1.77. The van der Waals surface area contributed by atoms with Crippen LogP contribution < -0.4 is 16.4 Å². The normalized spacial score (nSPS) is 15.0. The largest absolute Gasteiger partial charge is 0.390 e. The van der Waals surface area contributed by atoms with Gasteiger partial charge in [-0.1, -0.05) is 12.6 Å². The number of fused-ring (bicyclic) bond motifs is 1. The number of rotatable bonds is 7. The third-order valence-corrected chi connectivity index (χ3v) is 5.83. The Morgan fingerprint density at radius 1 is 1.29 bits per heavy atom. The predicted molar refractivity (Wildman–Crippen MR) is 141 cm³/mol. The topological polar surface area (TPSA) is 128 Å². The number of allylic oxidation sites excluding steroid dienone is 2. The fourth-order valence-electron chi connectivity index (χ4n) is 3.99. The Morgan fingerprint density at radius 3 is 2.77 bits per heavy atom. The minimum absolute atomic E-state index is 0.325. The van der Waals surface area contributed by atoms with Gasteiger partial charge in [0.15, 0.2) is 0 Å². The summed E-state index contributed by atoms with van der Waals surface area (Å²) in [5.74, 6) is 1.10. The first-order chi connectivity index (χ1) is 17.0. The van der Waals surface area contributed by atoms with E-state index in [4.69, 9.17) is 5.73 Å². The SMILES string of the molecule is C=C(/C=C(\N=CN)N1CCN(C)CC1)c1cc(-c2cccnc2)cc2[nH]c(NC(=O)NCC)nc12. The Hall–Kier alpha value is -4.18. The minimum atomic E-state index is -0.325. The molecule has 2 amide bonds. The summed E-state index contributed by atoms with van der Waals surface area (Å²) in [6.45, 7) is 10.3. The van der Waals surface area contributed by atoms with Crippen molar-refractivity contribution in [2.24, 2.45) is 10.7 Å². The lowest BCUT2D eigenvalue weighted by atomic mass is 9.98. The van der Waals surface area contributed by atoms with Gasteiger partial charge >= 0.3 is 6.03 Å². The van der Waals surface area contributed by atoms with Crippen molar-refractivity contribution in [2.75, 3.05) is 45.1 Å². The molecule has 5 N–H and O–H groups in total. The fraction of sp³-hybridized carbons (Fsp3) is 0.280. The van der Waals surface area contributed by atoms with Gasteiger partial charge in [0.1, 0.15) is 5.82 Å². The van der Waals surface area contributed by atoms with Crippen molar-refractivity contribution < 1.29 is 4.79 Å². The first-order valence-electron chi connectivity index (χ1n) is 11.6. The number of hydrogen-bond acceptors (Lipinski definition) is 6. The molecule has 10 heteroatoms. The molecule has 0 saturated carbocycles. The lowest BCUT2D eigenvalue weighted by Crippen LogP contribution is -2.43. The molecule has 1 saturated heterocycles. The summed E-state index contributed by atoms with van der Waals surface area (Å²) in [6, 6.07) is 7.58. The lowest BCUT2D eigenvalue weighted by molar-refractivity contribution is 0.185. The highest BCUT2D eigenvalue weighted by atomic mass is 16.2. The molecule has 0 bridgehead atoms. The second-order valence-corrected chi connectivity index (χ2v) is 8.33. The van der Waals surface area contributed by atoms with E-state index in [0.717, 1.165) is 59.8 Å². The van der Waals surface area contributed by atoms with Gasteiger partial charge in [-0.15, -0.1) is 0 Å². The van der Waals surface area contributed by atoms with Gasteiger partial charge in [0.05, 0.1) is 17.4 Å². The summed E-state index contributed by atoms with van der Waals surface area (Å²) in [6.07, 6.45) is 6.79. The zero-order chi connectivity index (χ0) is 24.8. The van der Waals surface area contributed by atoms with Crippen LogP contribution in [0.3, 0.4) is 0 Å². The lowest BCUT2D eigenvalue weighted by Gasteiger charge is -2.34. The van der Waals surface area contributed by atoms with Crippen molar-refractivity contribution in [3.05, 3.63) is 60.7 Å². The van der Waals surface area contributed by atoms with E-state index in [2.05, 4.69) is 54.0 Å². The monoisotopic (exact) mass is 473 g/mol. The number of benzene rings is 1. The Bertz CT molecular complexity index is 1250. The number of nitrogens with two attached hydrogens (primary N) is 1. The standard InChI is InChI=1S/C25H31N9O/c1-4-28-25(35)32-24-30-21-14-19(18-6-5-7-27-15-18)13-20(23(21)31-24)17(2)12-22(29-16-26)34-10-8-33(3)9-11-34/h5-7,12-16H,2,4,8-11H2,1,3H3,(H2,26,29)(H3,28,30,31,32,35)/b22-12+. The first kappa shape index (κ1) is 24.0. The quantitative estimate of drug-likeness (QED) is 0.237. The van der Waals surface area contributed by atoms with Crippen LogP contribution in [0.25, 0.3) is 27.7 Å². The van der Waals surface area contributed by atoms with E-state index in [-0.39, 0.29) is 6.03 Å². The number of aliphatic imine (C=N–C) groups is 1. The van der Waals surface area contributed by atoms with Crippen LogP contribution >= 0.6 is 0 Å². The molecule has 1 aromatic carbocycles. The average molecular weight is 474 g/mol.